The number of amides is 2. The molecule has 0 aliphatic heterocycles. The summed E-state index contributed by atoms with van der Waals surface area (Å²) in [5, 5.41) is 2.87. The molecule has 1 N–H and O–H groups in total. The Morgan fingerprint density at radius 1 is 0.970 bits per heavy atom. The van der Waals surface area contributed by atoms with Gasteiger partial charge in [-0.25, -0.2) is 8.42 Å². The summed E-state index contributed by atoms with van der Waals surface area (Å²) in [7, 11) is -3.51. The Morgan fingerprint density at radius 2 is 1.58 bits per heavy atom. The molecule has 0 aliphatic carbocycles. The molecule has 7 nitrogen and oxygen atoms in total. The molecule has 0 spiro atoms. The zero-order chi connectivity index (χ0) is 24.6. The van der Waals surface area contributed by atoms with Gasteiger partial charge < -0.3 is 10.2 Å². The number of anilines is 1. The predicted octanol–water partition coefficient (Wildman–Crippen LogP) is 3.48. The van der Waals surface area contributed by atoms with Crippen LogP contribution >= 0.6 is 0 Å². The molecule has 180 valence electrons. The number of para-hydroxylation sites is 1. The molecule has 0 aliphatic rings. The topological polar surface area (TPSA) is 86.8 Å². The van der Waals surface area contributed by atoms with Crippen molar-refractivity contribution in [2.45, 2.75) is 59.2 Å². The highest BCUT2D eigenvalue weighted by molar-refractivity contribution is 7.92. The highest BCUT2D eigenvalue weighted by atomic mass is 32.2. The van der Waals surface area contributed by atoms with Crippen LogP contribution in [0.5, 0.6) is 0 Å². The van der Waals surface area contributed by atoms with Crippen molar-refractivity contribution < 1.29 is 18.0 Å². The van der Waals surface area contributed by atoms with E-state index >= 15 is 0 Å². The van der Waals surface area contributed by atoms with Gasteiger partial charge in [0.1, 0.15) is 6.04 Å². The smallest absolute Gasteiger partial charge is 0.242 e. The van der Waals surface area contributed by atoms with Crippen LogP contribution < -0.4 is 9.62 Å². The number of nitrogens with zero attached hydrogens (tertiary/aromatic N) is 2. The molecule has 0 saturated heterocycles. The predicted molar refractivity (Wildman–Crippen MR) is 132 cm³/mol. The molecule has 2 aromatic carbocycles. The van der Waals surface area contributed by atoms with Crippen LogP contribution in [0.1, 0.15) is 44.7 Å². The summed E-state index contributed by atoms with van der Waals surface area (Å²) in [5.41, 5.74) is 2.38. The summed E-state index contributed by atoms with van der Waals surface area (Å²) < 4.78 is 26.2. The maximum Gasteiger partial charge on any atom is 0.242 e. The largest absolute Gasteiger partial charge is 0.352 e. The zero-order valence-corrected chi connectivity index (χ0v) is 20.9. The molecule has 0 aromatic heterocycles. The summed E-state index contributed by atoms with van der Waals surface area (Å²) >= 11 is 0. The molecule has 1 atom stereocenters. The van der Waals surface area contributed by atoms with Gasteiger partial charge in [0.05, 0.1) is 11.9 Å². The van der Waals surface area contributed by atoms with Gasteiger partial charge in [-0.2, -0.15) is 0 Å². The van der Waals surface area contributed by atoms with Gasteiger partial charge in [0.25, 0.3) is 0 Å². The molecule has 0 unspecified atom stereocenters. The summed E-state index contributed by atoms with van der Waals surface area (Å²) in [5.74, 6) is -0.407. The zero-order valence-electron chi connectivity index (χ0n) is 20.1. The molecule has 0 radical (unpaired) electrons. The van der Waals surface area contributed by atoms with Crippen molar-refractivity contribution in [2.24, 2.45) is 0 Å². The van der Waals surface area contributed by atoms with Crippen LogP contribution in [0, 0.1) is 6.92 Å². The standard InChI is InChI=1S/C25H35N3O4S/c1-19(2)26-25(30)21(4)27(18-22-13-7-6-8-14-22)24(29)16-11-17-28(33(5,31)32)23-15-10-9-12-20(23)3/h6-10,12-15,19,21H,11,16-18H2,1-5H3,(H,26,30)/t21-/m1/s1. The minimum atomic E-state index is -3.51. The van der Waals surface area contributed by atoms with E-state index in [-0.39, 0.29) is 30.8 Å². The third-order valence-electron chi connectivity index (χ3n) is 5.33. The first-order valence-electron chi connectivity index (χ1n) is 11.2. The summed E-state index contributed by atoms with van der Waals surface area (Å²) in [6, 6.07) is 16.1. The van der Waals surface area contributed by atoms with Crippen molar-refractivity contribution in [1.82, 2.24) is 10.2 Å². The van der Waals surface area contributed by atoms with E-state index in [1.165, 1.54) is 10.6 Å². The maximum atomic E-state index is 13.2. The van der Waals surface area contributed by atoms with Crippen molar-refractivity contribution in [3.05, 3.63) is 65.7 Å². The lowest BCUT2D eigenvalue weighted by Crippen LogP contribution is -2.49. The fourth-order valence-corrected chi connectivity index (χ4v) is 4.62. The molecule has 0 bridgehead atoms. The molecular weight excluding hydrogens is 438 g/mol. The van der Waals surface area contributed by atoms with Crippen LogP contribution in [-0.2, 0) is 26.2 Å². The van der Waals surface area contributed by atoms with Gasteiger partial charge in [-0.05, 0) is 51.3 Å². The number of nitrogens with one attached hydrogen (secondary N) is 1. The molecular formula is C25H35N3O4S. The molecule has 8 heteroatoms. The third-order valence-corrected chi connectivity index (χ3v) is 6.51. The summed E-state index contributed by atoms with van der Waals surface area (Å²) in [6.07, 6.45) is 1.63. The minimum absolute atomic E-state index is 0.0361. The van der Waals surface area contributed by atoms with Crippen molar-refractivity contribution in [3.63, 3.8) is 0 Å². The number of aryl methyl sites for hydroxylation is 1. The second-order valence-electron chi connectivity index (χ2n) is 8.57. The van der Waals surface area contributed by atoms with Crippen molar-refractivity contribution in [2.75, 3.05) is 17.1 Å². The van der Waals surface area contributed by atoms with E-state index in [0.29, 0.717) is 18.7 Å². The molecule has 2 aromatic rings. The third kappa shape index (κ3) is 7.89. The first-order chi connectivity index (χ1) is 15.5. The van der Waals surface area contributed by atoms with E-state index in [1.807, 2.05) is 63.2 Å². The second kappa shape index (κ2) is 11.8. The normalized spacial score (nSPS) is 12.3. The minimum Gasteiger partial charge on any atom is -0.352 e. The van der Waals surface area contributed by atoms with E-state index in [2.05, 4.69) is 5.32 Å². The van der Waals surface area contributed by atoms with E-state index in [9.17, 15) is 18.0 Å². The number of hydrogen-bond donors (Lipinski definition) is 1. The lowest BCUT2D eigenvalue weighted by Gasteiger charge is -2.30. The lowest BCUT2D eigenvalue weighted by molar-refractivity contribution is -0.140. The monoisotopic (exact) mass is 473 g/mol. The quantitative estimate of drug-likeness (QED) is 0.541. The van der Waals surface area contributed by atoms with Crippen molar-refractivity contribution >= 4 is 27.5 Å². The number of rotatable bonds is 11. The van der Waals surface area contributed by atoms with Crippen LogP contribution in [-0.4, -0.2) is 50.0 Å². The fourth-order valence-electron chi connectivity index (χ4n) is 3.59. The average Bonchev–Trinajstić information content (AvgIpc) is 2.74. The Kier molecular flexibility index (Phi) is 9.46. The number of carbonyl (C=O) groups excluding carboxylic acids is 2. The van der Waals surface area contributed by atoms with E-state index in [1.54, 1.807) is 24.0 Å². The Hall–Kier alpha value is -2.87. The Labute approximate surface area is 197 Å². The van der Waals surface area contributed by atoms with Crippen LogP contribution in [0.2, 0.25) is 0 Å². The lowest BCUT2D eigenvalue weighted by atomic mass is 10.1. The molecule has 33 heavy (non-hydrogen) atoms. The van der Waals surface area contributed by atoms with Gasteiger partial charge >= 0.3 is 0 Å². The molecule has 0 heterocycles. The Balaban J connectivity index is 2.15. The SMILES string of the molecule is Cc1ccccc1N(CCCC(=O)N(Cc1ccccc1)[C@H](C)C(=O)NC(C)C)S(C)(=O)=O. The molecule has 0 fully saturated rings. The van der Waals surface area contributed by atoms with Crippen molar-refractivity contribution in [1.29, 1.82) is 0 Å². The highest BCUT2D eigenvalue weighted by Gasteiger charge is 2.27. The maximum absolute atomic E-state index is 13.2. The number of benzene rings is 2. The fraction of sp³-hybridized carbons (Fsp3) is 0.440. The number of carbonyl (C=O) groups is 2. The van der Waals surface area contributed by atoms with Gasteiger partial charge in [0, 0.05) is 25.6 Å². The van der Waals surface area contributed by atoms with Gasteiger partial charge in [-0.3, -0.25) is 13.9 Å². The van der Waals surface area contributed by atoms with Gasteiger partial charge in [0.2, 0.25) is 21.8 Å². The average molecular weight is 474 g/mol. The van der Waals surface area contributed by atoms with E-state index < -0.39 is 16.1 Å². The van der Waals surface area contributed by atoms with E-state index in [4.69, 9.17) is 0 Å². The summed E-state index contributed by atoms with van der Waals surface area (Å²) in [6.45, 7) is 7.81. The Bertz CT molecular complexity index is 1040. The van der Waals surface area contributed by atoms with Gasteiger partial charge in [-0.1, -0.05) is 48.5 Å². The van der Waals surface area contributed by atoms with Crippen LogP contribution in [0.15, 0.2) is 54.6 Å². The highest BCUT2D eigenvalue weighted by Crippen LogP contribution is 2.23. The van der Waals surface area contributed by atoms with Crippen molar-refractivity contribution in [3.8, 4) is 0 Å². The molecule has 0 saturated carbocycles. The number of sulfonamides is 1. The Morgan fingerprint density at radius 3 is 2.15 bits per heavy atom. The van der Waals surface area contributed by atoms with Crippen LogP contribution in [0.4, 0.5) is 5.69 Å². The second-order valence-corrected chi connectivity index (χ2v) is 10.5. The van der Waals surface area contributed by atoms with Crippen LogP contribution in [0.3, 0.4) is 0 Å². The van der Waals surface area contributed by atoms with E-state index in [0.717, 1.165) is 11.1 Å². The van der Waals surface area contributed by atoms with Crippen LogP contribution in [0.25, 0.3) is 0 Å². The number of hydrogen-bond acceptors (Lipinski definition) is 4. The first kappa shape index (κ1) is 26.4. The molecule has 2 rings (SSSR count). The first-order valence-corrected chi connectivity index (χ1v) is 13.0. The summed E-state index contributed by atoms with van der Waals surface area (Å²) in [4.78, 5) is 27.4. The van der Waals surface area contributed by atoms with Gasteiger partial charge in [-0.15, -0.1) is 0 Å². The van der Waals surface area contributed by atoms with Gasteiger partial charge in [0.15, 0.2) is 0 Å². The molecule has 2 amide bonds.